The number of nitrogens with one attached hydrogen (secondary N) is 1. The molecule has 1 aromatic heterocycles. The minimum absolute atomic E-state index is 0.321. The Kier molecular flexibility index (Phi) is 3.75. The maximum absolute atomic E-state index is 11.6. The van der Waals surface area contributed by atoms with Gasteiger partial charge in [-0.3, -0.25) is 0 Å². The van der Waals surface area contributed by atoms with Crippen molar-refractivity contribution in [3.63, 3.8) is 0 Å². The van der Waals surface area contributed by atoms with Crippen molar-refractivity contribution in [3.05, 3.63) is 41.6 Å². The molecule has 1 N–H and O–H groups in total. The lowest BCUT2D eigenvalue weighted by molar-refractivity contribution is 0.0601. The number of aryl methyl sites for hydroxylation is 1. The van der Waals surface area contributed by atoms with E-state index in [0.717, 1.165) is 11.1 Å². The molecule has 2 aromatic rings. The van der Waals surface area contributed by atoms with Gasteiger partial charge in [0.05, 0.1) is 7.11 Å². The summed E-state index contributed by atoms with van der Waals surface area (Å²) in [5.74, 6) is 0.569. The lowest BCUT2D eigenvalue weighted by Gasteiger charge is -2.08. The Balaban J connectivity index is 2.47. The number of carbonyl (C=O) groups is 1. The zero-order valence-electron chi connectivity index (χ0n) is 11.1. The first-order valence-electron chi connectivity index (χ1n) is 5.86. The van der Waals surface area contributed by atoms with Crippen LogP contribution in [0.15, 0.2) is 30.5 Å². The second-order valence-corrected chi connectivity index (χ2v) is 4.07. The largest absolute Gasteiger partial charge is 0.465 e. The van der Waals surface area contributed by atoms with Crippen LogP contribution in [0, 0.1) is 6.92 Å². The Bertz CT molecular complexity index is 611. The molecule has 98 valence electrons. The molecular formula is C14H15N3O2. The predicted molar refractivity (Wildman–Crippen MR) is 73.1 cm³/mol. The van der Waals surface area contributed by atoms with Crippen LogP contribution in [-0.4, -0.2) is 30.1 Å². The molecule has 1 aromatic carbocycles. The standard InChI is InChI=1S/C14H15N3O2/c1-9-5-4-6-10(7-9)12-16-8-11(14(18)19-3)13(15-2)17-12/h4-8H,1-3H3,(H,15,16,17). The Labute approximate surface area is 111 Å². The highest BCUT2D eigenvalue weighted by molar-refractivity contribution is 5.94. The summed E-state index contributed by atoms with van der Waals surface area (Å²) in [6.07, 6.45) is 1.47. The van der Waals surface area contributed by atoms with Crippen LogP contribution in [0.1, 0.15) is 15.9 Å². The summed E-state index contributed by atoms with van der Waals surface area (Å²) in [5.41, 5.74) is 2.36. The minimum Gasteiger partial charge on any atom is -0.465 e. The molecule has 0 aliphatic rings. The molecule has 0 aliphatic carbocycles. The van der Waals surface area contributed by atoms with E-state index in [2.05, 4.69) is 20.0 Å². The van der Waals surface area contributed by atoms with Crippen molar-refractivity contribution < 1.29 is 9.53 Å². The van der Waals surface area contributed by atoms with Gasteiger partial charge in [-0.05, 0) is 13.0 Å². The van der Waals surface area contributed by atoms with Gasteiger partial charge in [0, 0.05) is 18.8 Å². The number of hydrogen-bond acceptors (Lipinski definition) is 5. The molecule has 5 heteroatoms. The first-order chi connectivity index (χ1) is 9.15. The lowest BCUT2D eigenvalue weighted by Crippen LogP contribution is -2.09. The number of rotatable bonds is 3. The van der Waals surface area contributed by atoms with E-state index in [9.17, 15) is 4.79 Å². The van der Waals surface area contributed by atoms with Crippen LogP contribution in [0.3, 0.4) is 0 Å². The second-order valence-electron chi connectivity index (χ2n) is 4.07. The maximum Gasteiger partial charge on any atom is 0.343 e. The summed E-state index contributed by atoms with van der Waals surface area (Å²) in [5, 5.41) is 2.88. The molecule has 5 nitrogen and oxygen atoms in total. The average Bonchev–Trinajstić information content (AvgIpc) is 2.45. The summed E-state index contributed by atoms with van der Waals surface area (Å²) in [6.45, 7) is 2.01. The average molecular weight is 257 g/mol. The summed E-state index contributed by atoms with van der Waals surface area (Å²) < 4.78 is 4.68. The van der Waals surface area contributed by atoms with Crippen molar-refractivity contribution >= 4 is 11.8 Å². The number of methoxy groups -OCH3 is 1. The third kappa shape index (κ3) is 2.70. The van der Waals surface area contributed by atoms with Gasteiger partial charge in [0.15, 0.2) is 5.82 Å². The number of anilines is 1. The lowest BCUT2D eigenvalue weighted by atomic mass is 10.1. The first-order valence-corrected chi connectivity index (χ1v) is 5.86. The van der Waals surface area contributed by atoms with Crippen LogP contribution in [0.4, 0.5) is 5.82 Å². The third-order valence-electron chi connectivity index (χ3n) is 2.71. The SMILES string of the molecule is CNc1nc(-c2cccc(C)c2)ncc1C(=O)OC. The fourth-order valence-corrected chi connectivity index (χ4v) is 1.75. The van der Waals surface area contributed by atoms with Gasteiger partial charge in [0.1, 0.15) is 11.4 Å². The number of hydrogen-bond donors (Lipinski definition) is 1. The summed E-state index contributed by atoms with van der Waals surface area (Å²) in [4.78, 5) is 20.1. The Morgan fingerprint density at radius 1 is 1.37 bits per heavy atom. The van der Waals surface area contributed by atoms with Crippen LogP contribution in [0.25, 0.3) is 11.4 Å². The van der Waals surface area contributed by atoms with E-state index in [1.165, 1.54) is 13.3 Å². The smallest absolute Gasteiger partial charge is 0.343 e. The molecule has 2 rings (SSSR count). The zero-order valence-corrected chi connectivity index (χ0v) is 11.1. The summed E-state index contributed by atoms with van der Waals surface area (Å²) in [6, 6.07) is 7.87. The van der Waals surface area contributed by atoms with Gasteiger partial charge in [-0.25, -0.2) is 14.8 Å². The van der Waals surface area contributed by atoms with Crippen molar-refractivity contribution in [2.24, 2.45) is 0 Å². The highest BCUT2D eigenvalue weighted by Gasteiger charge is 2.14. The van der Waals surface area contributed by atoms with Crippen LogP contribution in [0.5, 0.6) is 0 Å². The number of benzene rings is 1. The Hall–Kier alpha value is -2.43. The van der Waals surface area contributed by atoms with E-state index in [-0.39, 0.29) is 0 Å². The molecule has 19 heavy (non-hydrogen) atoms. The van der Waals surface area contributed by atoms with Crippen molar-refractivity contribution in [1.29, 1.82) is 0 Å². The normalized spacial score (nSPS) is 10.1. The van der Waals surface area contributed by atoms with Crippen molar-refractivity contribution in [3.8, 4) is 11.4 Å². The molecule has 0 saturated heterocycles. The van der Waals surface area contributed by atoms with E-state index >= 15 is 0 Å². The molecule has 0 amide bonds. The quantitative estimate of drug-likeness (QED) is 0.855. The van der Waals surface area contributed by atoms with E-state index in [4.69, 9.17) is 0 Å². The van der Waals surface area contributed by atoms with Crippen LogP contribution in [0.2, 0.25) is 0 Å². The van der Waals surface area contributed by atoms with Crippen molar-refractivity contribution in [1.82, 2.24) is 9.97 Å². The van der Waals surface area contributed by atoms with E-state index in [1.54, 1.807) is 7.05 Å². The Morgan fingerprint density at radius 3 is 2.79 bits per heavy atom. The number of carbonyl (C=O) groups excluding carboxylic acids is 1. The summed E-state index contributed by atoms with van der Waals surface area (Å²) in [7, 11) is 3.03. The van der Waals surface area contributed by atoms with Crippen LogP contribution < -0.4 is 5.32 Å². The minimum atomic E-state index is -0.458. The topological polar surface area (TPSA) is 64.1 Å². The molecule has 0 bridgehead atoms. The van der Waals surface area contributed by atoms with Gasteiger partial charge >= 0.3 is 5.97 Å². The molecule has 0 spiro atoms. The predicted octanol–water partition coefficient (Wildman–Crippen LogP) is 2.28. The first kappa shape index (κ1) is 13.0. The molecule has 0 unspecified atom stereocenters. The Morgan fingerprint density at radius 2 is 2.16 bits per heavy atom. The molecule has 0 radical (unpaired) electrons. The molecule has 0 atom stereocenters. The fraction of sp³-hybridized carbons (Fsp3) is 0.214. The van der Waals surface area contributed by atoms with E-state index in [1.807, 2.05) is 31.2 Å². The van der Waals surface area contributed by atoms with E-state index < -0.39 is 5.97 Å². The molecule has 0 aliphatic heterocycles. The highest BCUT2D eigenvalue weighted by Crippen LogP contribution is 2.20. The zero-order chi connectivity index (χ0) is 13.8. The van der Waals surface area contributed by atoms with Crippen molar-refractivity contribution in [2.75, 3.05) is 19.5 Å². The molecule has 1 heterocycles. The van der Waals surface area contributed by atoms with Gasteiger partial charge in [-0.15, -0.1) is 0 Å². The van der Waals surface area contributed by atoms with Gasteiger partial charge in [0.2, 0.25) is 0 Å². The maximum atomic E-state index is 11.6. The number of nitrogens with zero attached hydrogens (tertiary/aromatic N) is 2. The molecular weight excluding hydrogens is 242 g/mol. The van der Waals surface area contributed by atoms with Gasteiger partial charge in [-0.2, -0.15) is 0 Å². The third-order valence-corrected chi connectivity index (χ3v) is 2.71. The van der Waals surface area contributed by atoms with Gasteiger partial charge < -0.3 is 10.1 Å². The van der Waals surface area contributed by atoms with Crippen LogP contribution >= 0.6 is 0 Å². The molecule has 0 saturated carbocycles. The van der Waals surface area contributed by atoms with Gasteiger partial charge in [0.25, 0.3) is 0 Å². The van der Waals surface area contributed by atoms with Crippen molar-refractivity contribution in [2.45, 2.75) is 6.92 Å². The van der Waals surface area contributed by atoms with Gasteiger partial charge in [-0.1, -0.05) is 23.8 Å². The van der Waals surface area contributed by atoms with E-state index in [0.29, 0.717) is 17.2 Å². The monoisotopic (exact) mass is 257 g/mol. The highest BCUT2D eigenvalue weighted by atomic mass is 16.5. The fourth-order valence-electron chi connectivity index (χ4n) is 1.75. The second kappa shape index (κ2) is 5.48. The van der Waals surface area contributed by atoms with Crippen LogP contribution in [-0.2, 0) is 4.74 Å². The number of esters is 1. The number of aromatic nitrogens is 2. The summed E-state index contributed by atoms with van der Waals surface area (Å²) >= 11 is 0. The number of ether oxygens (including phenoxy) is 1. The molecule has 0 fully saturated rings.